The second-order valence-electron chi connectivity index (χ2n) is 6.59. The zero-order valence-electron chi connectivity index (χ0n) is 15.8. The van der Waals surface area contributed by atoms with Crippen LogP contribution in [-0.4, -0.2) is 39.1 Å². The van der Waals surface area contributed by atoms with Crippen LogP contribution in [0, 0.1) is 0 Å². The number of sulfonamides is 1. The van der Waals surface area contributed by atoms with Crippen molar-refractivity contribution < 1.29 is 22.7 Å². The van der Waals surface area contributed by atoms with Crippen molar-refractivity contribution in [3.63, 3.8) is 0 Å². The predicted octanol–water partition coefficient (Wildman–Crippen LogP) is 2.85. The number of carbonyl (C=O) groups is 2. The summed E-state index contributed by atoms with van der Waals surface area (Å²) in [7, 11) is -3.57. The summed E-state index contributed by atoms with van der Waals surface area (Å²) >= 11 is 6.01. The molecule has 0 aromatic heterocycles. The van der Waals surface area contributed by atoms with Crippen LogP contribution >= 0.6 is 11.6 Å². The first-order valence-corrected chi connectivity index (χ1v) is 11.0. The topological polar surface area (TPSA) is 105 Å². The molecule has 0 spiro atoms. The summed E-state index contributed by atoms with van der Waals surface area (Å²) in [5.74, 6) is -0.338. The number of benzene rings is 2. The zero-order valence-corrected chi connectivity index (χ0v) is 17.4. The maximum atomic E-state index is 12.7. The third-order valence-corrected chi connectivity index (χ3v) is 5.63. The van der Waals surface area contributed by atoms with E-state index >= 15 is 0 Å². The number of nitrogens with zero attached hydrogens (tertiary/aromatic N) is 1. The van der Waals surface area contributed by atoms with Gasteiger partial charge in [0, 0.05) is 36.3 Å². The lowest BCUT2D eigenvalue weighted by Crippen LogP contribution is -2.35. The van der Waals surface area contributed by atoms with E-state index in [1.807, 2.05) is 0 Å². The van der Waals surface area contributed by atoms with Gasteiger partial charge in [-0.25, -0.2) is 8.42 Å². The molecule has 2 N–H and O–H groups in total. The van der Waals surface area contributed by atoms with Crippen molar-refractivity contribution in [1.82, 2.24) is 0 Å². The minimum Gasteiger partial charge on any atom is -0.478 e. The molecule has 0 saturated heterocycles. The van der Waals surface area contributed by atoms with Crippen molar-refractivity contribution >= 4 is 50.5 Å². The molecular formula is C19H20ClN3O5S. The van der Waals surface area contributed by atoms with Crippen molar-refractivity contribution in [2.45, 2.75) is 19.4 Å². The molecule has 0 bridgehead atoms. The van der Waals surface area contributed by atoms with Gasteiger partial charge in [-0.3, -0.25) is 13.9 Å². The molecule has 8 nitrogen and oxygen atoms in total. The van der Waals surface area contributed by atoms with E-state index in [0.717, 1.165) is 6.26 Å². The normalized spacial score (nSPS) is 16.2. The monoisotopic (exact) mass is 437 g/mol. The van der Waals surface area contributed by atoms with E-state index in [2.05, 4.69) is 10.6 Å². The molecule has 0 saturated carbocycles. The summed E-state index contributed by atoms with van der Waals surface area (Å²) in [5.41, 5.74) is 1.43. The van der Waals surface area contributed by atoms with Crippen LogP contribution in [0.4, 0.5) is 17.1 Å². The largest absolute Gasteiger partial charge is 0.478 e. The summed E-state index contributed by atoms with van der Waals surface area (Å²) in [4.78, 5) is 23.8. The summed E-state index contributed by atoms with van der Waals surface area (Å²) < 4.78 is 31.4. The highest BCUT2D eigenvalue weighted by atomic mass is 35.5. The van der Waals surface area contributed by atoms with Crippen molar-refractivity contribution in [2.24, 2.45) is 0 Å². The van der Waals surface area contributed by atoms with Gasteiger partial charge >= 0.3 is 0 Å². The average molecular weight is 438 g/mol. The van der Waals surface area contributed by atoms with Crippen molar-refractivity contribution in [3.05, 3.63) is 47.5 Å². The van der Waals surface area contributed by atoms with Gasteiger partial charge < -0.3 is 15.4 Å². The Morgan fingerprint density at radius 1 is 1.10 bits per heavy atom. The van der Waals surface area contributed by atoms with Gasteiger partial charge in [0.25, 0.3) is 5.91 Å². The molecule has 154 valence electrons. The van der Waals surface area contributed by atoms with Crippen molar-refractivity contribution in [1.29, 1.82) is 0 Å². The van der Waals surface area contributed by atoms with Gasteiger partial charge in [-0.1, -0.05) is 11.6 Å². The first-order valence-electron chi connectivity index (χ1n) is 8.76. The molecule has 0 aliphatic carbocycles. The minimum absolute atomic E-state index is 0.0751. The van der Waals surface area contributed by atoms with E-state index in [1.54, 1.807) is 36.4 Å². The smallest absolute Gasteiger partial charge is 0.265 e. The fraction of sp³-hybridized carbons (Fsp3) is 0.263. The lowest BCUT2D eigenvalue weighted by Gasteiger charge is -2.21. The van der Waals surface area contributed by atoms with Crippen molar-refractivity contribution in [3.8, 4) is 5.75 Å². The number of rotatable bonds is 4. The summed E-state index contributed by atoms with van der Waals surface area (Å²) in [6, 6.07) is 11.2. The maximum Gasteiger partial charge on any atom is 0.265 e. The fourth-order valence-corrected chi connectivity index (χ4v) is 4.05. The highest BCUT2D eigenvalue weighted by Gasteiger charge is 2.31. The number of hydrogen-bond acceptors (Lipinski definition) is 5. The van der Waals surface area contributed by atoms with Gasteiger partial charge in [0.2, 0.25) is 15.9 Å². The van der Waals surface area contributed by atoms with Gasteiger partial charge in [0.1, 0.15) is 5.75 Å². The number of amides is 2. The average Bonchev–Trinajstić information content (AvgIpc) is 2.82. The van der Waals surface area contributed by atoms with Gasteiger partial charge in [-0.2, -0.15) is 0 Å². The van der Waals surface area contributed by atoms with Gasteiger partial charge in [-0.15, -0.1) is 0 Å². The molecule has 2 aromatic carbocycles. The Labute approximate surface area is 173 Å². The standard InChI is InChI=1S/C19H20ClN3O5S/c1-12(24)21-14-4-6-15(7-5-14)22-19(25)18-9-10-23(29(2,26)27)16-11-13(20)3-8-17(16)28-18/h3-8,11,18H,9-10H2,1-2H3,(H,21,24)(H,22,25). The summed E-state index contributed by atoms with van der Waals surface area (Å²) in [6.07, 6.45) is 0.362. The molecule has 2 amide bonds. The molecule has 1 heterocycles. The first kappa shape index (κ1) is 20.9. The molecule has 3 rings (SSSR count). The minimum atomic E-state index is -3.57. The van der Waals surface area contributed by atoms with E-state index in [4.69, 9.17) is 16.3 Å². The highest BCUT2D eigenvalue weighted by molar-refractivity contribution is 7.92. The van der Waals surface area contributed by atoms with Gasteiger partial charge in [-0.05, 0) is 42.5 Å². The van der Waals surface area contributed by atoms with Crippen LogP contribution in [0.3, 0.4) is 0 Å². The van der Waals surface area contributed by atoms with E-state index < -0.39 is 22.0 Å². The Bertz CT molecular complexity index is 1040. The SMILES string of the molecule is CC(=O)Nc1ccc(NC(=O)C2CCN(S(C)(=O)=O)c3cc(Cl)ccc3O2)cc1. The fourth-order valence-electron chi connectivity index (χ4n) is 2.94. The number of nitrogens with one attached hydrogen (secondary N) is 2. The molecule has 0 fully saturated rings. The third kappa shape index (κ3) is 5.18. The number of ether oxygens (including phenoxy) is 1. The number of anilines is 3. The number of fused-ring (bicyclic) bond motifs is 1. The van der Waals surface area contributed by atoms with E-state index in [9.17, 15) is 18.0 Å². The van der Waals surface area contributed by atoms with E-state index in [-0.39, 0.29) is 24.6 Å². The van der Waals surface area contributed by atoms with Gasteiger partial charge in [0.15, 0.2) is 6.10 Å². The summed E-state index contributed by atoms with van der Waals surface area (Å²) in [6.45, 7) is 1.48. The summed E-state index contributed by atoms with van der Waals surface area (Å²) in [5, 5.41) is 5.75. The van der Waals surface area contributed by atoms with Crippen LogP contribution in [0.2, 0.25) is 5.02 Å². The van der Waals surface area contributed by atoms with Gasteiger partial charge in [0.05, 0.1) is 11.9 Å². The Balaban J connectivity index is 1.78. The zero-order chi connectivity index (χ0) is 21.2. The molecule has 1 aliphatic heterocycles. The number of halogens is 1. The molecular weight excluding hydrogens is 418 g/mol. The molecule has 29 heavy (non-hydrogen) atoms. The number of carbonyl (C=O) groups excluding carboxylic acids is 2. The number of hydrogen-bond donors (Lipinski definition) is 2. The van der Waals surface area contributed by atoms with E-state index in [0.29, 0.717) is 22.1 Å². The predicted molar refractivity (Wildman–Crippen MR) is 112 cm³/mol. The first-order chi connectivity index (χ1) is 13.6. The van der Waals surface area contributed by atoms with Crippen LogP contribution in [0.15, 0.2) is 42.5 Å². The molecule has 2 aromatic rings. The van der Waals surface area contributed by atoms with E-state index in [1.165, 1.54) is 17.3 Å². The molecule has 0 radical (unpaired) electrons. The van der Waals surface area contributed by atoms with Crippen LogP contribution < -0.4 is 19.7 Å². The Morgan fingerprint density at radius 2 is 1.72 bits per heavy atom. The third-order valence-electron chi connectivity index (χ3n) is 4.22. The van der Waals surface area contributed by atoms with Crippen LogP contribution in [0.5, 0.6) is 5.75 Å². The second kappa shape index (κ2) is 8.30. The molecule has 1 unspecified atom stereocenters. The highest BCUT2D eigenvalue weighted by Crippen LogP contribution is 2.36. The molecule has 1 aliphatic rings. The molecule has 10 heteroatoms. The Kier molecular flexibility index (Phi) is 5.99. The van der Waals surface area contributed by atoms with Crippen LogP contribution in [0.25, 0.3) is 0 Å². The Hall–Kier alpha value is -2.78. The van der Waals surface area contributed by atoms with Crippen molar-refractivity contribution in [2.75, 3.05) is 27.7 Å². The lowest BCUT2D eigenvalue weighted by atomic mass is 10.2. The Morgan fingerprint density at radius 3 is 2.31 bits per heavy atom. The molecule has 1 atom stereocenters. The lowest BCUT2D eigenvalue weighted by molar-refractivity contribution is -0.122. The quantitative estimate of drug-likeness (QED) is 0.765. The van der Waals surface area contributed by atoms with Crippen LogP contribution in [-0.2, 0) is 19.6 Å². The second-order valence-corrected chi connectivity index (χ2v) is 8.93. The maximum absolute atomic E-state index is 12.7. The van der Waals surface area contributed by atoms with Crippen LogP contribution in [0.1, 0.15) is 13.3 Å².